The molecule has 2 rings (SSSR count). The highest BCUT2D eigenvalue weighted by Crippen LogP contribution is 2.28. The number of thioether (sulfide) groups is 1. The van der Waals surface area contributed by atoms with Gasteiger partial charge in [-0.15, -0.1) is 0 Å². The van der Waals surface area contributed by atoms with Gasteiger partial charge in [0, 0.05) is 10.8 Å². The minimum Gasteiger partial charge on any atom is -0.205 e. The van der Waals surface area contributed by atoms with Crippen molar-refractivity contribution in [1.82, 2.24) is 0 Å². The SMILES string of the molecule is CC(C)(C)C1=NC2SC=C[N+]2=C1. The first-order valence-corrected chi connectivity index (χ1v) is 5.04. The highest BCUT2D eigenvalue weighted by atomic mass is 32.2. The highest BCUT2D eigenvalue weighted by molar-refractivity contribution is 8.02. The van der Waals surface area contributed by atoms with Crippen molar-refractivity contribution in [2.45, 2.75) is 26.3 Å². The van der Waals surface area contributed by atoms with Gasteiger partial charge in [0.1, 0.15) is 5.71 Å². The molecule has 0 radical (unpaired) electrons. The fourth-order valence-corrected chi connectivity index (χ4v) is 2.00. The minimum atomic E-state index is 0.179. The third-order valence-corrected chi connectivity index (χ3v) is 2.85. The topological polar surface area (TPSA) is 15.4 Å². The molecule has 0 saturated heterocycles. The van der Waals surface area contributed by atoms with E-state index in [1.54, 1.807) is 11.8 Å². The highest BCUT2D eigenvalue weighted by Gasteiger charge is 2.34. The lowest BCUT2D eigenvalue weighted by atomic mass is 9.91. The summed E-state index contributed by atoms with van der Waals surface area (Å²) in [5, 5.41) is 2.09. The van der Waals surface area contributed by atoms with Crippen LogP contribution in [0.3, 0.4) is 0 Å². The summed E-state index contributed by atoms with van der Waals surface area (Å²) in [5.41, 5.74) is 1.67. The van der Waals surface area contributed by atoms with Crippen molar-refractivity contribution in [3.05, 3.63) is 11.6 Å². The maximum absolute atomic E-state index is 4.61. The number of hydrogen-bond donors (Lipinski definition) is 0. The molecule has 0 N–H and O–H groups in total. The molecule has 3 heteroatoms. The molecule has 2 heterocycles. The van der Waals surface area contributed by atoms with Gasteiger partial charge in [-0.3, -0.25) is 0 Å². The largest absolute Gasteiger partial charge is 0.304 e. The van der Waals surface area contributed by atoms with E-state index in [9.17, 15) is 0 Å². The Balaban J connectivity index is 2.29. The predicted octanol–water partition coefficient (Wildman–Crippen LogP) is 2.07. The molecule has 0 fully saturated rings. The molecule has 2 nitrogen and oxygen atoms in total. The number of aliphatic imine (C=N–C) groups is 1. The fourth-order valence-electron chi connectivity index (χ4n) is 1.20. The van der Waals surface area contributed by atoms with Crippen molar-refractivity contribution < 1.29 is 4.58 Å². The van der Waals surface area contributed by atoms with E-state index in [1.165, 1.54) is 5.71 Å². The molecule has 0 aliphatic carbocycles. The number of fused-ring (bicyclic) bond motifs is 1. The van der Waals surface area contributed by atoms with Crippen molar-refractivity contribution in [3.63, 3.8) is 0 Å². The summed E-state index contributed by atoms with van der Waals surface area (Å²) in [6, 6.07) is 0. The molecule has 12 heavy (non-hydrogen) atoms. The van der Waals surface area contributed by atoms with Crippen molar-refractivity contribution in [3.8, 4) is 0 Å². The third-order valence-electron chi connectivity index (χ3n) is 1.98. The Morgan fingerprint density at radius 2 is 2.25 bits per heavy atom. The zero-order chi connectivity index (χ0) is 8.77. The van der Waals surface area contributed by atoms with Crippen LogP contribution in [-0.2, 0) is 0 Å². The Labute approximate surface area is 77.1 Å². The molecule has 1 atom stereocenters. The molecule has 0 saturated carbocycles. The van der Waals surface area contributed by atoms with Gasteiger partial charge < -0.3 is 0 Å². The number of rotatable bonds is 0. The predicted molar refractivity (Wildman–Crippen MR) is 53.7 cm³/mol. The van der Waals surface area contributed by atoms with Crippen molar-refractivity contribution >= 4 is 23.7 Å². The molecule has 0 amide bonds. The van der Waals surface area contributed by atoms with Crippen LogP contribution in [0.25, 0.3) is 0 Å². The van der Waals surface area contributed by atoms with Crippen LogP contribution in [0.2, 0.25) is 0 Å². The third kappa shape index (κ3) is 1.22. The summed E-state index contributed by atoms with van der Waals surface area (Å²) in [6.45, 7) is 6.58. The van der Waals surface area contributed by atoms with Crippen LogP contribution < -0.4 is 0 Å². The van der Waals surface area contributed by atoms with E-state index in [0.717, 1.165) is 0 Å². The average molecular weight is 181 g/mol. The van der Waals surface area contributed by atoms with Crippen molar-refractivity contribution in [2.75, 3.05) is 0 Å². The summed E-state index contributed by atoms with van der Waals surface area (Å²) in [5.74, 6) is 0. The van der Waals surface area contributed by atoms with Gasteiger partial charge in [0.25, 0.3) is 0 Å². The van der Waals surface area contributed by atoms with E-state index < -0.39 is 0 Å². The quantitative estimate of drug-likeness (QED) is 0.522. The van der Waals surface area contributed by atoms with Crippen LogP contribution in [0.15, 0.2) is 16.6 Å². The Bertz CT molecular complexity index is 294. The summed E-state index contributed by atoms with van der Waals surface area (Å²) >= 11 is 1.76. The fraction of sp³-hybridized carbons (Fsp3) is 0.556. The molecule has 0 aromatic carbocycles. The average Bonchev–Trinajstić information content (AvgIpc) is 2.37. The number of nitrogens with zero attached hydrogens (tertiary/aromatic N) is 2. The van der Waals surface area contributed by atoms with Gasteiger partial charge >= 0.3 is 5.50 Å². The van der Waals surface area contributed by atoms with Crippen LogP contribution in [0.4, 0.5) is 0 Å². The van der Waals surface area contributed by atoms with E-state index in [-0.39, 0.29) is 5.41 Å². The van der Waals surface area contributed by atoms with Gasteiger partial charge in [-0.1, -0.05) is 20.8 Å². The van der Waals surface area contributed by atoms with Gasteiger partial charge in [0.15, 0.2) is 12.4 Å². The lowest BCUT2D eigenvalue weighted by Crippen LogP contribution is -2.20. The Morgan fingerprint density at radius 3 is 2.83 bits per heavy atom. The molecule has 64 valence electrons. The molecule has 0 aromatic heterocycles. The van der Waals surface area contributed by atoms with E-state index in [2.05, 4.69) is 48.2 Å². The van der Waals surface area contributed by atoms with E-state index in [1.807, 2.05) is 0 Å². The first kappa shape index (κ1) is 8.05. The maximum Gasteiger partial charge on any atom is 0.304 e. The lowest BCUT2D eigenvalue weighted by molar-refractivity contribution is -0.456. The lowest BCUT2D eigenvalue weighted by Gasteiger charge is -2.13. The second kappa shape index (κ2) is 2.46. The van der Waals surface area contributed by atoms with E-state index in [0.29, 0.717) is 5.50 Å². The molecule has 0 bridgehead atoms. The van der Waals surface area contributed by atoms with Crippen LogP contribution in [0.1, 0.15) is 20.8 Å². The molecule has 0 spiro atoms. The number of hydrogen-bond acceptors (Lipinski definition) is 2. The molecule has 1 unspecified atom stereocenters. The summed E-state index contributed by atoms with van der Waals surface area (Å²) in [4.78, 5) is 4.61. The summed E-state index contributed by atoms with van der Waals surface area (Å²) in [7, 11) is 0. The standard InChI is InChI=1S/C9H13N2S/c1-9(2,3)7-6-11-4-5-12-8(11)10-7/h4-6,8H,1-3H3/q+1. The zero-order valence-electron chi connectivity index (χ0n) is 7.61. The molecule has 0 aromatic rings. The second-order valence-electron chi connectivity index (χ2n) is 4.09. The zero-order valence-corrected chi connectivity index (χ0v) is 8.43. The Kier molecular flexibility index (Phi) is 1.65. The van der Waals surface area contributed by atoms with Crippen LogP contribution in [-0.4, -0.2) is 22.0 Å². The van der Waals surface area contributed by atoms with Gasteiger partial charge in [0.2, 0.25) is 0 Å². The van der Waals surface area contributed by atoms with Crippen molar-refractivity contribution in [1.29, 1.82) is 0 Å². The second-order valence-corrected chi connectivity index (χ2v) is 5.05. The minimum absolute atomic E-state index is 0.179. The monoisotopic (exact) mass is 181 g/mol. The molecule has 2 aliphatic rings. The molecule has 2 aliphatic heterocycles. The maximum atomic E-state index is 4.61. The normalized spacial score (nSPS) is 27.1. The van der Waals surface area contributed by atoms with Crippen LogP contribution in [0.5, 0.6) is 0 Å². The summed E-state index contributed by atoms with van der Waals surface area (Å²) < 4.78 is 2.16. The summed E-state index contributed by atoms with van der Waals surface area (Å²) in [6.07, 6.45) is 4.22. The molecular formula is C9H13N2S+. The van der Waals surface area contributed by atoms with Gasteiger partial charge in [-0.25, -0.2) is 4.99 Å². The first-order chi connectivity index (χ1) is 5.57. The van der Waals surface area contributed by atoms with Crippen molar-refractivity contribution in [2.24, 2.45) is 10.4 Å². The van der Waals surface area contributed by atoms with Gasteiger partial charge in [-0.2, -0.15) is 4.58 Å². The Hall–Kier alpha value is -0.570. The smallest absolute Gasteiger partial charge is 0.205 e. The van der Waals surface area contributed by atoms with Crippen LogP contribution >= 0.6 is 11.8 Å². The Morgan fingerprint density at radius 1 is 1.50 bits per heavy atom. The van der Waals surface area contributed by atoms with E-state index >= 15 is 0 Å². The molecular weight excluding hydrogens is 168 g/mol. The first-order valence-electron chi connectivity index (χ1n) is 4.10. The van der Waals surface area contributed by atoms with E-state index in [4.69, 9.17) is 0 Å². The van der Waals surface area contributed by atoms with Gasteiger partial charge in [-0.05, 0) is 11.8 Å². The van der Waals surface area contributed by atoms with Crippen LogP contribution in [0, 0.1) is 5.41 Å². The van der Waals surface area contributed by atoms with Gasteiger partial charge in [0.05, 0.1) is 0 Å².